The Balaban J connectivity index is 1.74. The number of alkyl halides is 1. The molecular formula is C26H28F2N6O3S. The van der Waals surface area contributed by atoms with Crippen molar-refractivity contribution in [1.29, 1.82) is 0 Å². The minimum atomic E-state index is -3.91. The average Bonchev–Trinajstić information content (AvgIpc) is 2.91. The standard InChI is InChI=1S/C26H28F2N6O3S/c1-3-11-30-22-9-8-16(15-31-22)26-32-24-19(25(29)33-26)13-17(14-21(24)37-2)18-6-4-7-20(23(18)28)34-38(35,36)12-5-10-27/h4,6-9,13-15,34H,3,5,10-12H2,1-2H3,(H,30,31)(H2,29,32,33). The first kappa shape index (κ1) is 27.0. The highest BCUT2D eigenvalue weighted by molar-refractivity contribution is 7.92. The van der Waals surface area contributed by atoms with Crippen molar-refractivity contribution in [1.82, 2.24) is 15.0 Å². The molecule has 4 rings (SSSR count). The lowest BCUT2D eigenvalue weighted by Gasteiger charge is -2.14. The summed E-state index contributed by atoms with van der Waals surface area (Å²) in [6, 6.07) is 11.2. The molecule has 2 heterocycles. The van der Waals surface area contributed by atoms with Gasteiger partial charge in [-0.3, -0.25) is 9.11 Å². The monoisotopic (exact) mass is 542 g/mol. The molecule has 38 heavy (non-hydrogen) atoms. The first-order chi connectivity index (χ1) is 18.3. The van der Waals surface area contributed by atoms with Crippen LogP contribution in [0.3, 0.4) is 0 Å². The molecule has 4 N–H and O–H groups in total. The second kappa shape index (κ2) is 11.5. The number of aromatic nitrogens is 3. The molecule has 0 fully saturated rings. The van der Waals surface area contributed by atoms with Gasteiger partial charge in [-0.15, -0.1) is 0 Å². The van der Waals surface area contributed by atoms with E-state index in [1.807, 2.05) is 12.1 Å². The number of hydrogen-bond acceptors (Lipinski definition) is 8. The third kappa shape index (κ3) is 5.91. The van der Waals surface area contributed by atoms with Crippen molar-refractivity contribution in [2.75, 3.05) is 41.9 Å². The highest BCUT2D eigenvalue weighted by atomic mass is 32.2. The number of methoxy groups -OCH3 is 1. The minimum absolute atomic E-state index is 0.110. The maximum absolute atomic E-state index is 15.4. The smallest absolute Gasteiger partial charge is 0.232 e. The molecule has 0 amide bonds. The molecule has 200 valence electrons. The lowest BCUT2D eigenvalue weighted by Crippen LogP contribution is -2.18. The first-order valence-electron chi connectivity index (χ1n) is 12.0. The number of nitrogens with two attached hydrogens (primary N) is 1. The fourth-order valence-corrected chi connectivity index (χ4v) is 4.93. The fraction of sp³-hybridized carbons (Fsp3) is 0.269. The summed E-state index contributed by atoms with van der Waals surface area (Å²) in [7, 11) is -2.46. The fourth-order valence-electron chi connectivity index (χ4n) is 3.84. The van der Waals surface area contributed by atoms with Crippen molar-refractivity contribution < 1.29 is 21.9 Å². The third-order valence-electron chi connectivity index (χ3n) is 5.71. The van der Waals surface area contributed by atoms with Gasteiger partial charge in [0.25, 0.3) is 0 Å². The Bertz CT molecular complexity index is 1550. The molecule has 0 aliphatic heterocycles. The van der Waals surface area contributed by atoms with Gasteiger partial charge in [0.2, 0.25) is 10.0 Å². The van der Waals surface area contributed by atoms with Crippen LogP contribution in [-0.2, 0) is 10.0 Å². The van der Waals surface area contributed by atoms with Crippen LogP contribution in [0.2, 0.25) is 0 Å². The van der Waals surface area contributed by atoms with Crippen LogP contribution in [-0.4, -0.2) is 49.5 Å². The zero-order chi connectivity index (χ0) is 27.3. The van der Waals surface area contributed by atoms with E-state index >= 15 is 4.39 Å². The van der Waals surface area contributed by atoms with Crippen molar-refractivity contribution >= 4 is 38.2 Å². The van der Waals surface area contributed by atoms with Gasteiger partial charge in [0.05, 0.1) is 25.2 Å². The molecule has 0 saturated heterocycles. The van der Waals surface area contributed by atoms with Crippen LogP contribution in [0, 0.1) is 5.82 Å². The summed E-state index contributed by atoms with van der Waals surface area (Å²) in [5.41, 5.74) is 7.63. The van der Waals surface area contributed by atoms with Crippen molar-refractivity contribution in [3.05, 3.63) is 54.5 Å². The highest BCUT2D eigenvalue weighted by Gasteiger charge is 2.19. The number of halogens is 2. The van der Waals surface area contributed by atoms with Crippen LogP contribution in [0.15, 0.2) is 48.7 Å². The molecular weight excluding hydrogens is 514 g/mol. The first-order valence-corrected chi connectivity index (χ1v) is 13.6. The summed E-state index contributed by atoms with van der Waals surface area (Å²) < 4.78 is 60.0. The summed E-state index contributed by atoms with van der Waals surface area (Å²) in [5.74, 6) is 0.321. The van der Waals surface area contributed by atoms with Gasteiger partial charge in [-0.25, -0.2) is 27.8 Å². The number of ether oxygens (including phenoxy) is 1. The number of rotatable bonds is 11. The van der Waals surface area contributed by atoms with E-state index in [2.05, 4.69) is 31.9 Å². The van der Waals surface area contributed by atoms with Gasteiger partial charge in [0.15, 0.2) is 11.6 Å². The Kier molecular flexibility index (Phi) is 8.20. The molecule has 12 heteroatoms. The SMILES string of the molecule is CCCNc1ccc(-c2nc(N)c3cc(-c4cccc(NS(=O)(=O)CCCF)c4F)cc(OC)c3n2)cn1. The number of hydrogen-bond donors (Lipinski definition) is 3. The van der Waals surface area contributed by atoms with Crippen LogP contribution >= 0.6 is 0 Å². The number of pyridine rings is 1. The lowest BCUT2D eigenvalue weighted by molar-refractivity contribution is 0.419. The second-order valence-corrected chi connectivity index (χ2v) is 10.3. The molecule has 4 aromatic rings. The van der Waals surface area contributed by atoms with Gasteiger partial charge in [0, 0.05) is 29.3 Å². The normalized spacial score (nSPS) is 11.5. The van der Waals surface area contributed by atoms with Gasteiger partial charge in [0.1, 0.15) is 22.9 Å². The Morgan fingerprint density at radius 1 is 1.11 bits per heavy atom. The van der Waals surface area contributed by atoms with Crippen LogP contribution in [0.25, 0.3) is 33.4 Å². The van der Waals surface area contributed by atoms with Gasteiger partial charge in [-0.05, 0) is 48.7 Å². The van der Waals surface area contributed by atoms with E-state index in [9.17, 15) is 12.8 Å². The molecule has 0 saturated carbocycles. The Labute approximate surface area is 219 Å². The van der Waals surface area contributed by atoms with Crippen LogP contribution < -0.4 is 20.5 Å². The van der Waals surface area contributed by atoms with Gasteiger partial charge in [-0.2, -0.15) is 0 Å². The van der Waals surface area contributed by atoms with Gasteiger partial charge >= 0.3 is 0 Å². The number of nitrogens with zero attached hydrogens (tertiary/aromatic N) is 3. The summed E-state index contributed by atoms with van der Waals surface area (Å²) in [6.45, 7) is 2.08. The average molecular weight is 543 g/mol. The maximum atomic E-state index is 15.4. The summed E-state index contributed by atoms with van der Waals surface area (Å²) in [4.78, 5) is 13.4. The largest absolute Gasteiger partial charge is 0.494 e. The lowest BCUT2D eigenvalue weighted by atomic mass is 10.0. The van der Waals surface area contributed by atoms with Gasteiger partial charge in [-0.1, -0.05) is 19.1 Å². The molecule has 2 aromatic carbocycles. The van der Waals surface area contributed by atoms with E-state index < -0.39 is 28.3 Å². The van der Waals surface area contributed by atoms with Crippen molar-refractivity contribution in [2.24, 2.45) is 0 Å². The molecule has 0 spiro atoms. The molecule has 0 aliphatic rings. The van der Waals surface area contributed by atoms with E-state index in [4.69, 9.17) is 10.5 Å². The number of nitrogens with one attached hydrogen (secondary N) is 2. The van der Waals surface area contributed by atoms with Crippen LogP contribution in [0.1, 0.15) is 19.8 Å². The molecule has 0 atom stereocenters. The van der Waals surface area contributed by atoms with Crippen LogP contribution in [0.5, 0.6) is 5.75 Å². The summed E-state index contributed by atoms with van der Waals surface area (Å²) in [6.07, 6.45) is 2.44. The predicted molar refractivity (Wildman–Crippen MR) is 146 cm³/mol. The molecule has 0 bridgehead atoms. The zero-order valence-electron chi connectivity index (χ0n) is 21.0. The molecule has 0 aliphatic carbocycles. The highest BCUT2D eigenvalue weighted by Crippen LogP contribution is 2.37. The Morgan fingerprint density at radius 2 is 1.92 bits per heavy atom. The minimum Gasteiger partial charge on any atom is -0.494 e. The molecule has 0 radical (unpaired) electrons. The number of fused-ring (bicyclic) bond motifs is 1. The van der Waals surface area contributed by atoms with Crippen molar-refractivity contribution in [3.63, 3.8) is 0 Å². The van der Waals surface area contributed by atoms with E-state index in [1.165, 1.54) is 25.3 Å². The summed E-state index contributed by atoms with van der Waals surface area (Å²) >= 11 is 0. The number of sulfonamides is 1. The zero-order valence-corrected chi connectivity index (χ0v) is 21.8. The van der Waals surface area contributed by atoms with Gasteiger partial charge < -0.3 is 15.8 Å². The summed E-state index contributed by atoms with van der Waals surface area (Å²) in [5, 5.41) is 3.64. The van der Waals surface area contributed by atoms with Crippen molar-refractivity contribution in [2.45, 2.75) is 19.8 Å². The topological polar surface area (TPSA) is 132 Å². The number of anilines is 3. The molecule has 2 aromatic heterocycles. The van der Waals surface area contributed by atoms with E-state index in [0.29, 0.717) is 33.6 Å². The van der Waals surface area contributed by atoms with Crippen molar-refractivity contribution in [3.8, 4) is 28.3 Å². The van der Waals surface area contributed by atoms with Crippen LogP contribution in [0.4, 0.5) is 26.1 Å². The Morgan fingerprint density at radius 3 is 2.61 bits per heavy atom. The molecule has 9 nitrogen and oxygen atoms in total. The quantitative estimate of drug-likeness (QED) is 0.241. The predicted octanol–water partition coefficient (Wildman–Crippen LogP) is 5.01. The molecule has 0 unspecified atom stereocenters. The Hall–Kier alpha value is -4.06. The third-order valence-corrected chi connectivity index (χ3v) is 7.07. The van der Waals surface area contributed by atoms with E-state index in [0.717, 1.165) is 18.8 Å². The van der Waals surface area contributed by atoms with E-state index in [1.54, 1.807) is 18.3 Å². The number of benzene rings is 2. The maximum Gasteiger partial charge on any atom is 0.232 e. The second-order valence-electron chi connectivity index (χ2n) is 8.50. The van der Waals surface area contributed by atoms with E-state index in [-0.39, 0.29) is 23.5 Å². The number of nitrogen functional groups attached to an aromatic ring is 1.